The van der Waals surface area contributed by atoms with Crippen LogP contribution in [0.5, 0.6) is 5.75 Å². The van der Waals surface area contributed by atoms with Crippen LogP contribution in [0, 0.1) is 6.92 Å². The second-order valence-electron chi connectivity index (χ2n) is 4.31. The fourth-order valence-electron chi connectivity index (χ4n) is 2.00. The number of hydrogen-bond donors (Lipinski definition) is 1. The lowest BCUT2D eigenvalue weighted by atomic mass is 9.94. The lowest BCUT2D eigenvalue weighted by molar-refractivity contribution is 0.410. The van der Waals surface area contributed by atoms with Crippen LogP contribution >= 0.6 is 15.9 Å². The van der Waals surface area contributed by atoms with Crippen LogP contribution in [0.15, 0.2) is 16.6 Å². The summed E-state index contributed by atoms with van der Waals surface area (Å²) in [5.41, 5.74) is 8.59. The predicted molar refractivity (Wildman–Crippen MR) is 65.4 cm³/mol. The first-order chi connectivity index (χ1) is 7.13. The van der Waals surface area contributed by atoms with Crippen LogP contribution in [0.1, 0.15) is 24.0 Å². The van der Waals surface area contributed by atoms with Gasteiger partial charge in [0.2, 0.25) is 0 Å². The number of halogens is 1. The van der Waals surface area contributed by atoms with Gasteiger partial charge in [-0.25, -0.2) is 0 Å². The molecule has 1 aromatic rings. The summed E-state index contributed by atoms with van der Waals surface area (Å²) < 4.78 is 6.41. The van der Waals surface area contributed by atoms with Gasteiger partial charge < -0.3 is 10.5 Å². The van der Waals surface area contributed by atoms with E-state index in [1.165, 1.54) is 24.0 Å². The van der Waals surface area contributed by atoms with Gasteiger partial charge >= 0.3 is 0 Å². The average Bonchev–Trinajstić information content (AvgIpc) is 3.01. The van der Waals surface area contributed by atoms with E-state index >= 15 is 0 Å². The van der Waals surface area contributed by atoms with Crippen LogP contribution in [-0.4, -0.2) is 13.7 Å². The van der Waals surface area contributed by atoms with Crippen LogP contribution in [0.25, 0.3) is 0 Å². The van der Waals surface area contributed by atoms with Crippen molar-refractivity contribution in [3.8, 4) is 5.75 Å². The monoisotopic (exact) mass is 269 g/mol. The molecule has 0 aromatic heterocycles. The summed E-state index contributed by atoms with van der Waals surface area (Å²) in [6.45, 7) is 2.81. The molecule has 1 saturated carbocycles. The molecule has 1 aliphatic carbocycles. The Morgan fingerprint density at radius 1 is 1.47 bits per heavy atom. The summed E-state index contributed by atoms with van der Waals surface area (Å²) in [5.74, 6) is 0.907. The van der Waals surface area contributed by atoms with Crippen molar-refractivity contribution in [3.05, 3.63) is 27.7 Å². The van der Waals surface area contributed by atoms with E-state index in [4.69, 9.17) is 10.5 Å². The van der Waals surface area contributed by atoms with Crippen molar-refractivity contribution in [2.24, 2.45) is 5.73 Å². The molecule has 0 atom stereocenters. The maximum absolute atomic E-state index is 5.85. The van der Waals surface area contributed by atoms with Crippen LogP contribution in [0.4, 0.5) is 0 Å². The smallest absolute Gasteiger partial charge is 0.133 e. The van der Waals surface area contributed by atoms with Gasteiger partial charge in [-0.1, -0.05) is 6.07 Å². The van der Waals surface area contributed by atoms with Gasteiger partial charge in [0.05, 0.1) is 11.6 Å². The lowest BCUT2D eigenvalue weighted by Crippen LogP contribution is -2.20. The van der Waals surface area contributed by atoms with E-state index in [-0.39, 0.29) is 5.41 Å². The number of benzene rings is 1. The molecule has 1 fully saturated rings. The highest BCUT2D eigenvalue weighted by Crippen LogP contribution is 2.51. The van der Waals surface area contributed by atoms with Crippen molar-refractivity contribution in [2.45, 2.75) is 25.2 Å². The van der Waals surface area contributed by atoms with Crippen LogP contribution < -0.4 is 10.5 Å². The molecule has 2 rings (SSSR count). The number of aryl methyl sites for hydroxylation is 1. The van der Waals surface area contributed by atoms with Crippen LogP contribution in [0.2, 0.25) is 0 Å². The fraction of sp³-hybridized carbons (Fsp3) is 0.500. The van der Waals surface area contributed by atoms with Gasteiger partial charge in [-0.3, -0.25) is 0 Å². The number of methoxy groups -OCH3 is 1. The zero-order chi connectivity index (χ0) is 11.1. The van der Waals surface area contributed by atoms with Crippen molar-refractivity contribution in [1.82, 2.24) is 0 Å². The first kappa shape index (κ1) is 11.0. The Bertz CT molecular complexity index is 385. The van der Waals surface area contributed by atoms with Gasteiger partial charge in [-0.15, -0.1) is 0 Å². The molecule has 2 N–H and O–H groups in total. The Balaban J connectivity index is 2.51. The SMILES string of the molecule is COc1cc(C)cc(C2(CN)CC2)c1Br. The summed E-state index contributed by atoms with van der Waals surface area (Å²) in [4.78, 5) is 0. The number of nitrogens with two attached hydrogens (primary N) is 1. The van der Waals surface area contributed by atoms with Crippen molar-refractivity contribution < 1.29 is 4.74 Å². The summed E-state index contributed by atoms with van der Waals surface area (Å²) >= 11 is 3.61. The summed E-state index contributed by atoms with van der Waals surface area (Å²) in [6.07, 6.45) is 2.38. The van der Waals surface area contributed by atoms with Gasteiger partial charge in [0.25, 0.3) is 0 Å². The molecule has 15 heavy (non-hydrogen) atoms. The topological polar surface area (TPSA) is 35.2 Å². The minimum atomic E-state index is 0.206. The van der Waals surface area contributed by atoms with Gasteiger partial charge in [-0.05, 0) is 52.9 Å². The van der Waals surface area contributed by atoms with Crippen molar-refractivity contribution in [1.29, 1.82) is 0 Å². The second kappa shape index (κ2) is 3.80. The number of hydrogen-bond acceptors (Lipinski definition) is 2. The third-order valence-electron chi connectivity index (χ3n) is 3.22. The second-order valence-corrected chi connectivity index (χ2v) is 5.11. The van der Waals surface area contributed by atoms with E-state index in [2.05, 4.69) is 28.9 Å². The Morgan fingerprint density at radius 2 is 2.13 bits per heavy atom. The Hall–Kier alpha value is -0.540. The zero-order valence-electron chi connectivity index (χ0n) is 9.14. The van der Waals surface area contributed by atoms with E-state index in [0.717, 1.165) is 16.8 Å². The van der Waals surface area contributed by atoms with E-state index < -0.39 is 0 Å². The molecule has 3 heteroatoms. The molecular weight excluding hydrogens is 254 g/mol. The highest BCUT2D eigenvalue weighted by molar-refractivity contribution is 9.10. The Kier molecular flexibility index (Phi) is 2.77. The summed E-state index contributed by atoms with van der Waals surface area (Å²) in [5, 5.41) is 0. The minimum Gasteiger partial charge on any atom is -0.496 e. The molecule has 0 radical (unpaired) electrons. The van der Waals surface area contributed by atoms with E-state index in [1.54, 1.807) is 7.11 Å². The average molecular weight is 270 g/mol. The van der Waals surface area contributed by atoms with Crippen molar-refractivity contribution in [3.63, 3.8) is 0 Å². The quantitative estimate of drug-likeness (QED) is 0.916. The van der Waals surface area contributed by atoms with Gasteiger partial charge in [0.1, 0.15) is 5.75 Å². The molecule has 1 aromatic carbocycles. The van der Waals surface area contributed by atoms with Gasteiger partial charge in [-0.2, -0.15) is 0 Å². The number of ether oxygens (including phenoxy) is 1. The molecule has 0 amide bonds. The van der Waals surface area contributed by atoms with Gasteiger partial charge in [0, 0.05) is 12.0 Å². The van der Waals surface area contributed by atoms with Crippen LogP contribution in [0.3, 0.4) is 0 Å². The van der Waals surface area contributed by atoms with Crippen LogP contribution in [-0.2, 0) is 5.41 Å². The Labute approximate surface area is 98.9 Å². The molecule has 0 saturated heterocycles. The largest absolute Gasteiger partial charge is 0.496 e. The molecule has 2 nitrogen and oxygen atoms in total. The third kappa shape index (κ3) is 1.79. The third-order valence-corrected chi connectivity index (χ3v) is 4.04. The molecule has 0 heterocycles. The van der Waals surface area contributed by atoms with E-state index in [9.17, 15) is 0 Å². The normalized spacial score (nSPS) is 17.6. The summed E-state index contributed by atoms with van der Waals surface area (Å²) in [6, 6.07) is 4.26. The van der Waals surface area contributed by atoms with Gasteiger partial charge in [0.15, 0.2) is 0 Å². The van der Waals surface area contributed by atoms with Crippen molar-refractivity contribution in [2.75, 3.05) is 13.7 Å². The van der Waals surface area contributed by atoms with E-state index in [0.29, 0.717) is 0 Å². The lowest BCUT2D eigenvalue weighted by Gasteiger charge is -2.18. The molecular formula is C12H16BrNO. The molecule has 1 aliphatic rings. The maximum Gasteiger partial charge on any atom is 0.133 e. The fourth-order valence-corrected chi connectivity index (χ4v) is 2.82. The molecule has 0 spiro atoms. The molecule has 82 valence electrons. The first-order valence-corrected chi connectivity index (χ1v) is 5.97. The van der Waals surface area contributed by atoms with Crippen molar-refractivity contribution >= 4 is 15.9 Å². The zero-order valence-corrected chi connectivity index (χ0v) is 10.7. The standard InChI is InChI=1S/C12H16BrNO/c1-8-5-9(12(7-14)3-4-12)11(13)10(6-8)15-2/h5-6H,3-4,7,14H2,1-2H3. The Morgan fingerprint density at radius 3 is 2.60 bits per heavy atom. The predicted octanol–water partition coefficient (Wildman–Crippen LogP) is 2.76. The van der Waals surface area contributed by atoms with E-state index in [1.807, 2.05) is 6.07 Å². The molecule has 0 bridgehead atoms. The minimum absolute atomic E-state index is 0.206. The first-order valence-electron chi connectivity index (χ1n) is 5.17. The highest BCUT2D eigenvalue weighted by Gasteiger charge is 2.44. The summed E-state index contributed by atoms with van der Waals surface area (Å²) in [7, 11) is 1.70. The highest BCUT2D eigenvalue weighted by atomic mass is 79.9. The molecule has 0 aliphatic heterocycles. The molecule has 0 unspecified atom stereocenters. The number of rotatable bonds is 3. The maximum atomic E-state index is 5.85.